The molecule has 1 saturated heterocycles. The van der Waals surface area contributed by atoms with Gasteiger partial charge in [-0.25, -0.2) is 0 Å². The smallest absolute Gasteiger partial charge is 0.186 e. The van der Waals surface area contributed by atoms with Crippen LogP contribution in [-0.4, -0.2) is 76.1 Å². The fraction of sp³-hybridized carbons (Fsp3) is 1.00. The van der Waals surface area contributed by atoms with Gasteiger partial charge >= 0.3 is 0 Å². The molecule has 1 aliphatic heterocycles. The van der Waals surface area contributed by atoms with Crippen LogP contribution in [0.1, 0.15) is 0 Å². The van der Waals surface area contributed by atoms with E-state index in [1.807, 2.05) is 0 Å². The molecule has 8 heteroatoms. The van der Waals surface area contributed by atoms with Crippen molar-refractivity contribution in [2.24, 2.45) is 0 Å². The molecule has 1 N–H and O–H groups in total. The molecule has 0 radical (unpaired) electrons. The molecule has 7 nitrogen and oxygen atoms in total. The maximum absolute atomic E-state index is 10.2. The SMILES string of the molecule is COCOC1C(OC)OC(CBr)C(O)C1OCOC. The number of methoxy groups -OCH3 is 3. The van der Waals surface area contributed by atoms with Crippen LogP contribution in [-0.2, 0) is 28.4 Å². The fourth-order valence-corrected chi connectivity index (χ4v) is 2.40. The number of hydrogen-bond acceptors (Lipinski definition) is 7. The number of hydrogen-bond donors (Lipinski definition) is 1. The maximum atomic E-state index is 10.2. The van der Waals surface area contributed by atoms with Crippen molar-refractivity contribution in [2.75, 3.05) is 40.2 Å². The summed E-state index contributed by atoms with van der Waals surface area (Å²) in [5.41, 5.74) is 0. The van der Waals surface area contributed by atoms with Crippen LogP contribution in [0.2, 0.25) is 0 Å². The van der Waals surface area contributed by atoms with E-state index in [4.69, 9.17) is 28.4 Å². The summed E-state index contributed by atoms with van der Waals surface area (Å²) in [5, 5.41) is 10.7. The molecule has 19 heavy (non-hydrogen) atoms. The fourth-order valence-electron chi connectivity index (χ4n) is 1.87. The Morgan fingerprint density at radius 3 is 2.11 bits per heavy atom. The normalized spacial score (nSPS) is 35.5. The second kappa shape index (κ2) is 9.19. The molecule has 5 unspecified atom stereocenters. The van der Waals surface area contributed by atoms with Gasteiger partial charge in [0.25, 0.3) is 0 Å². The molecule has 0 aromatic heterocycles. The molecule has 0 spiro atoms. The highest BCUT2D eigenvalue weighted by Crippen LogP contribution is 2.27. The number of aliphatic hydroxyl groups is 1. The summed E-state index contributed by atoms with van der Waals surface area (Å²) in [7, 11) is 4.52. The van der Waals surface area contributed by atoms with E-state index in [0.29, 0.717) is 5.33 Å². The monoisotopic (exact) mass is 344 g/mol. The van der Waals surface area contributed by atoms with Gasteiger partial charge in [-0.2, -0.15) is 0 Å². The molecular formula is C11H21BrO7. The molecule has 0 aromatic carbocycles. The minimum Gasteiger partial charge on any atom is -0.388 e. The average Bonchev–Trinajstić information content (AvgIpc) is 2.44. The Balaban J connectivity index is 2.77. The van der Waals surface area contributed by atoms with E-state index in [9.17, 15) is 5.11 Å². The predicted octanol–water partition coefficient (Wildman–Crippen LogP) is 0.0917. The van der Waals surface area contributed by atoms with Crippen molar-refractivity contribution in [3.05, 3.63) is 0 Å². The summed E-state index contributed by atoms with van der Waals surface area (Å²) < 4.78 is 31.5. The van der Waals surface area contributed by atoms with Crippen LogP contribution in [0.4, 0.5) is 0 Å². The minimum absolute atomic E-state index is 0.0417. The number of alkyl halides is 1. The summed E-state index contributed by atoms with van der Waals surface area (Å²) >= 11 is 3.28. The largest absolute Gasteiger partial charge is 0.388 e. The molecule has 0 amide bonds. The van der Waals surface area contributed by atoms with Crippen LogP contribution >= 0.6 is 15.9 Å². The van der Waals surface area contributed by atoms with Crippen LogP contribution in [0.15, 0.2) is 0 Å². The van der Waals surface area contributed by atoms with Gasteiger partial charge in [-0.15, -0.1) is 0 Å². The second-order valence-corrected chi connectivity index (χ2v) is 4.65. The van der Waals surface area contributed by atoms with Crippen molar-refractivity contribution >= 4 is 15.9 Å². The van der Waals surface area contributed by atoms with E-state index in [1.54, 1.807) is 0 Å². The summed E-state index contributed by atoms with van der Waals surface area (Å²) in [6.45, 7) is 0.0897. The molecule has 5 atom stereocenters. The van der Waals surface area contributed by atoms with Gasteiger partial charge in [-0.1, -0.05) is 15.9 Å². The van der Waals surface area contributed by atoms with Gasteiger partial charge in [0.15, 0.2) is 6.29 Å². The quantitative estimate of drug-likeness (QED) is 0.494. The van der Waals surface area contributed by atoms with Gasteiger partial charge in [-0.3, -0.25) is 0 Å². The molecule has 114 valence electrons. The Kier molecular flexibility index (Phi) is 8.35. The molecule has 1 fully saturated rings. The van der Waals surface area contributed by atoms with E-state index >= 15 is 0 Å². The maximum Gasteiger partial charge on any atom is 0.186 e. The Bertz CT molecular complexity index is 243. The van der Waals surface area contributed by atoms with Crippen molar-refractivity contribution in [2.45, 2.75) is 30.7 Å². The zero-order valence-corrected chi connectivity index (χ0v) is 12.9. The van der Waals surface area contributed by atoms with E-state index in [1.165, 1.54) is 21.3 Å². The van der Waals surface area contributed by atoms with Gasteiger partial charge in [-0.05, 0) is 0 Å². The third-order valence-corrected chi connectivity index (χ3v) is 3.40. The highest BCUT2D eigenvalue weighted by Gasteiger charge is 2.46. The van der Waals surface area contributed by atoms with Crippen molar-refractivity contribution in [1.82, 2.24) is 0 Å². The minimum atomic E-state index is -0.859. The lowest BCUT2D eigenvalue weighted by Crippen LogP contribution is -2.60. The number of aliphatic hydroxyl groups excluding tert-OH is 1. The highest BCUT2D eigenvalue weighted by molar-refractivity contribution is 9.09. The Labute approximate surface area is 121 Å². The second-order valence-electron chi connectivity index (χ2n) is 4.00. The zero-order valence-electron chi connectivity index (χ0n) is 11.3. The molecule has 0 saturated carbocycles. The standard InChI is InChI=1S/C11H21BrO7/c1-14-5-17-9-8(13)7(4-12)19-11(16-3)10(9)18-6-15-2/h7-11,13H,4-6H2,1-3H3. The summed E-state index contributed by atoms with van der Waals surface area (Å²) in [6.07, 6.45) is -3.19. The third-order valence-electron chi connectivity index (χ3n) is 2.76. The third kappa shape index (κ3) is 4.61. The number of rotatable bonds is 8. The van der Waals surface area contributed by atoms with Crippen LogP contribution in [0.5, 0.6) is 0 Å². The first-order valence-corrected chi connectivity index (χ1v) is 6.95. The van der Waals surface area contributed by atoms with Crippen molar-refractivity contribution in [3.8, 4) is 0 Å². The Morgan fingerprint density at radius 2 is 1.63 bits per heavy atom. The average molecular weight is 345 g/mol. The molecule has 1 aliphatic rings. The lowest BCUT2D eigenvalue weighted by Gasteiger charge is -2.43. The first-order chi connectivity index (χ1) is 9.19. The van der Waals surface area contributed by atoms with Crippen molar-refractivity contribution in [3.63, 3.8) is 0 Å². The molecular weight excluding hydrogens is 324 g/mol. The summed E-state index contributed by atoms with van der Waals surface area (Å²) in [5.74, 6) is 0. The van der Waals surface area contributed by atoms with Gasteiger partial charge in [0, 0.05) is 26.7 Å². The van der Waals surface area contributed by atoms with Crippen LogP contribution in [0, 0.1) is 0 Å². The summed E-state index contributed by atoms with van der Waals surface area (Å²) in [4.78, 5) is 0. The van der Waals surface area contributed by atoms with Gasteiger partial charge in [0.05, 0.1) is 6.10 Å². The van der Waals surface area contributed by atoms with Gasteiger partial charge in [0.1, 0.15) is 31.9 Å². The Hall–Kier alpha value is 0.200. The van der Waals surface area contributed by atoms with Crippen molar-refractivity contribution in [1.29, 1.82) is 0 Å². The van der Waals surface area contributed by atoms with E-state index in [-0.39, 0.29) is 13.6 Å². The number of ether oxygens (including phenoxy) is 6. The molecule has 0 bridgehead atoms. The van der Waals surface area contributed by atoms with E-state index in [0.717, 1.165) is 0 Å². The van der Waals surface area contributed by atoms with Crippen LogP contribution in [0.3, 0.4) is 0 Å². The van der Waals surface area contributed by atoms with Crippen molar-refractivity contribution < 1.29 is 33.5 Å². The highest BCUT2D eigenvalue weighted by atomic mass is 79.9. The summed E-state index contributed by atoms with van der Waals surface area (Å²) in [6, 6.07) is 0. The number of halogens is 1. The first-order valence-electron chi connectivity index (χ1n) is 5.82. The predicted molar refractivity (Wildman–Crippen MR) is 69.0 cm³/mol. The molecule has 1 rings (SSSR count). The van der Waals surface area contributed by atoms with Gasteiger partial charge in [0.2, 0.25) is 0 Å². The molecule has 1 heterocycles. The van der Waals surface area contributed by atoms with E-state index in [2.05, 4.69) is 15.9 Å². The van der Waals surface area contributed by atoms with Gasteiger partial charge < -0.3 is 33.5 Å². The zero-order chi connectivity index (χ0) is 14.3. The first kappa shape index (κ1) is 17.3. The van der Waals surface area contributed by atoms with Crippen LogP contribution in [0.25, 0.3) is 0 Å². The van der Waals surface area contributed by atoms with Crippen LogP contribution < -0.4 is 0 Å². The lowest BCUT2D eigenvalue weighted by atomic mass is 9.99. The van der Waals surface area contributed by atoms with E-state index < -0.39 is 30.7 Å². The lowest BCUT2D eigenvalue weighted by molar-refractivity contribution is -0.318. The molecule has 0 aromatic rings. The topological polar surface area (TPSA) is 75.6 Å². The molecule has 0 aliphatic carbocycles. The Morgan fingerprint density at radius 1 is 1.05 bits per heavy atom.